The van der Waals surface area contributed by atoms with E-state index in [9.17, 15) is 4.79 Å². The average Bonchev–Trinajstić information content (AvgIpc) is 3.71. The Labute approximate surface area is 233 Å². The number of nitrogens with one attached hydrogen (secondary N) is 3. The summed E-state index contributed by atoms with van der Waals surface area (Å²) in [6.45, 7) is 2.10. The number of aromatic amines is 2. The Balaban J connectivity index is 1.21. The van der Waals surface area contributed by atoms with Gasteiger partial charge in [0.05, 0.1) is 46.9 Å². The molecule has 0 radical (unpaired) electrons. The molecule has 0 aliphatic rings. The lowest BCUT2D eigenvalue weighted by atomic mass is 10.1. The van der Waals surface area contributed by atoms with Crippen LogP contribution in [-0.2, 0) is 11.2 Å². The number of carbonyl (C=O) groups is 1. The van der Waals surface area contributed by atoms with Gasteiger partial charge in [-0.15, -0.1) is 11.3 Å². The maximum Gasteiger partial charge on any atom is 0.228 e. The molecule has 1 aromatic carbocycles. The van der Waals surface area contributed by atoms with Crippen LogP contribution in [0.2, 0.25) is 0 Å². The summed E-state index contributed by atoms with van der Waals surface area (Å²) in [5.74, 6) is -0.101. The number of H-pyrrole nitrogens is 2. The van der Waals surface area contributed by atoms with Gasteiger partial charge in [-0.3, -0.25) is 19.9 Å². The van der Waals surface area contributed by atoms with Gasteiger partial charge in [-0.25, -0.2) is 4.98 Å². The highest BCUT2D eigenvalue weighted by molar-refractivity contribution is 7.15. The molecule has 7 rings (SSSR count). The van der Waals surface area contributed by atoms with Crippen molar-refractivity contribution in [3.63, 3.8) is 0 Å². The Morgan fingerprint density at radius 3 is 2.65 bits per heavy atom. The number of anilines is 1. The predicted octanol–water partition coefficient (Wildman–Crippen LogP) is 6.78. The smallest absolute Gasteiger partial charge is 0.228 e. The van der Waals surface area contributed by atoms with E-state index in [1.807, 2.05) is 60.9 Å². The molecule has 0 bridgehead atoms. The van der Waals surface area contributed by atoms with Crippen LogP contribution in [0.3, 0.4) is 0 Å². The van der Waals surface area contributed by atoms with Crippen molar-refractivity contribution in [3.05, 3.63) is 102 Å². The number of hydrogen-bond donors (Lipinski definition) is 3. The number of amides is 1. The number of fused-ring (bicyclic) bond motifs is 2. The summed E-state index contributed by atoms with van der Waals surface area (Å²) in [6.07, 6.45) is 7.41. The van der Waals surface area contributed by atoms with Gasteiger partial charge in [0.15, 0.2) is 0 Å². The first-order chi connectivity index (χ1) is 19.6. The van der Waals surface area contributed by atoms with Gasteiger partial charge in [0.1, 0.15) is 11.2 Å². The second-order valence-electron chi connectivity index (χ2n) is 9.58. The molecule has 0 fully saturated rings. The maximum absolute atomic E-state index is 12.6. The SMILES string of the molecule is Cc1ccc(-c2cncc3[nH]c(-c4n[nH]c5ccc(-c6cncc(NC(=O)Cc7ccccc7)c6)nc45)cc23)s1. The average molecular weight is 542 g/mol. The number of aromatic nitrogens is 6. The molecule has 1 amide bonds. The van der Waals surface area contributed by atoms with Gasteiger partial charge in [-0.2, -0.15) is 5.10 Å². The number of rotatable bonds is 6. The van der Waals surface area contributed by atoms with Crippen molar-refractivity contribution in [1.29, 1.82) is 0 Å². The molecule has 7 aromatic rings. The summed E-state index contributed by atoms with van der Waals surface area (Å²) in [5.41, 5.74) is 8.26. The van der Waals surface area contributed by atoms with Gasteiger partial charge in [0, 0.05) is 38.7 Å². The van der Waals surface area contributed by atoms with Gasteiger partial charge in [-0.1, -0.05) is 30.3 Å². The van der Waals surface area contributed by atoms with Crippen LogP contribution in [0.1, 0.15) is 10.4 Å². The van der Waals surface area contributed by atoms with Crippen molar-refractivity contribution in [1.82, 2.24) is 30.1 Å². The minimum Gasteiger partial charge on any atom is -0.352 e. The molecule has 0 saturated carbocycles. The molecule has 0 aliphatic carbocycles. The van der Waals surface area contributed by atoms with Crippen LogP contribution in [0, 0.1) is 6.92 Å². The summed E-state index contributed by atoms with van der Waals surface area (Å²) in [7, 11) is 0. The van der Waals surface area contributed by atoms with Gasteiger partial charge in [0.25, 0.3) is 0 Å². The normalized spacial score (nSPS) is 11.3. The zero-order valence-corrected chi connectivity index (χ0v) is 22.3. The van der Waals surface area contributed by atoms with E-state index in [2.05, 4.69) is 55.6 Å². The third-order valence-electron chi connectivity index (χ3n) is 6.74. The van der Waals surface area contributed by atoms with Crippen LogP contribution >= 0.6 is 11.3 Å². The lowest BCUT2D eigenvalue weighted by Crippen LogP contribution is -2.14. The van der Waals surface area contributed by atoms with Crippen molar-refractivity contribution in [2.24, 2.45) is 0 Å². The van der Waals surface area contributed by atoms with E-state index in [1.165, 1.54) is 9.75 Å². The molecule has 3 N–H and O–H groups in total. The Bertz CT molecular complexity index is 2010. The first kappa shape index (κ1) is 23.9. The number of benzene rings is 1. The van der Waals surface area contributed by atoms with Crippen LogP contribution in [-0.4, -0.2) is 36.0 Å². The molecule has 8 nitrogen and oxygen atoms in total. The fraction of sp³-hybridized carbons (Fsp3) is 0.0645. The van der Waals surface area contributed by atoms with Crippen molar-refractivity contribution in [2.75, 3.05) is 5.32 Å². The van der Waals surface area contributed by atoms with Gasteiger partial charge in [0.2, 0.25) is 5.91 Å². The minimum absolute atomic E-state index is 0.101. The zero-order chi connectivity index (χ0) is 27.1. The molecule has 40 heavy (non-hydrogen) atoms. The first-order valence-corrected chi connectivity index (χ1v) is 13.6. The van der Waals surface area contributed by atoms with Gasteiger partial charge < -0.3 is 10.3 Å². The van der Waals surface area contributed by atoms with Crippen LogP contribution in [0.4, 0.5) is 5.69 Å². The predicted molar refractivity (Wildman–Crippen MR) is 159 cm³/mol. The Morgan fingerprint density at radius 1 is 0.925 bits per heavy atom. The second kappa shape index (κ2) is 9.87. The molecule has 9 heteroatoms. The monoisotopic (exact) mass is 541 g/mol. The zero-order valence-electron chi connectivity index (χ0n) is 21.5. The molecule has 0 saturated heterocycles. The standard InChI is InChI=1S/C31H23N7OS/c1-18-7-10-28(40-18)23-16-33-17-27-22(23)13-26(35-27)31-30-25(37-38-31)9-8-24(36-30)20-12-21(15-32-14-20)34-29(39)11-19-5-3-2-4-6-19/h2-10,12-17,35H,11H2,1H3,(H,34,39)(H,37,38). The highest BCUT2D eigenvalue weighted by Crippen LogP contribution is 2.36. The summed E-state index contributed by atoms with van der Waals surface area (Å²) < 4.78 is 0. The van der Waals surface area contributed by atoms with Gasteiger partial charge >= 0.3 is 0 Å². The second-order valence-corrected chi connectivity index (χ2v) is 10.9. The number of pyridine rings is 3. The van der Waals surface area contributed by atoms with Crippen LogP contribution in [0.25, 0.3) is 55.0 Å². The van der Waals surface area contributed by atoms with Gasteiger partial charge in [-0.05, 0) is 48.9 Å². The van der Waals surface area contributed by atoms with E-state index in [-0.39, 0.29) is 5.91 Å². The van der Waals surface area contributed by atoms with E-state index in [4.69, 9.17) is 4.98 Å². The van der Waals surface area contributed by atoms with Crippen molar-refractivity contribution < 1.29 is 4.79 Å². The van der Waals surface area contributed by atoms with E-state index < -0.39 is 0 Å². The van der Waals surface area contributed by atoms with Crippen LogP contribution in [0.15, 0.2) is 91.5 Å². The number of nitrogens with zero attached hydrogens (tertiary/aromatic N) is 4. The topological polar surface area (TPSA) is 112 Å². The summed E-state index contributed by atoms with van der Waals surface area (Å²) in [5, 5.41) is 11.7. The highest BCUT2D eigenvalue weighted by Gasteiger charge is 2.16. The van der Waals surface area contributed by atoms with Crippen molar-refractivity contribution >= 4 is 44.9 Å². The fourth-order valence-corrected chi connectivity index (χ4v) is 5.73. The minimum atomic E-state index is -0.101. The molecule has 0 aliphatic heterocycles. The molecule has 0 spiro atoms. The summed E-state index contributed by atoms with van der Waals surface area (Å²) in [6, 6.07) is 21.8. The van der Waals surface area contributed by atoms with E-state index in [1.54, 1.807) is 23.7 Å². The Kier molecular flexibility index (Phi) is 5.90. The van der Waals surface area contributed by atoms with E-state index in [0.717, 1.165) is 55.7 Å². The number of carbonyl (C=O) groups excluding carboxylic acids is 1. The lowest BCUT2D eigenvalue weighted by Gasteiger charge is -2.07. The molecule has 6 aromatic heterocycles. The van der Waals surface area contributed by atoms with Crippen molar-refractivity contribution in [3.8, 4) is 33.1 Å². The Morgan fingerprint density at radius 2 is 1.80 bits per heavy atom. The van der Waals surface area contributed by atoms with Crippen LogP contribution < -0.4 is 5.32 Å². The highest BCUT2D eigenvalue weighted by atomic mass is 32.1. The maximum atomic E-state index is 12.6. The van der Waals surface area contributed by atoms with E-state index in [0.29, 0.717) is 12.1 Å². The quantitative estimate of drug-likeness (QED) is 0.215. The summed E-state index contributed by atoms with van der Waals surface area (Å²) >= 11 is 1.75. The lowest BCUT2D eigenvalue weighted by molar-refractivity contribution is -0.115. The number of thiophene rings is 1. The fourth-order valence-electron chi connectivity index (χ4n) is 4.84. The molecule has 194 valence electrons. The van der Waals surface area contributed by atoms with Crippen LogP contribution in [0.5, 0.6) is 0 Å². The molecule has 0 unspecified atom stereocenters. The summed E-state index contributed by atoms with van der Waals surface area (Å²) in [4.78, 5) is 32.2. The Hall–Kier alpha value is -5.15. The van der Waals surface area contributed by atoms with Crippen molar-refractivity contribution in [2.45, 2.75) is 13.3 Å². The number of aryl methyl sites for hydroxylation is 1. The largest absolute Gasteiger partial charge is 0.352 e. The number of hydrogen-bond acceptors (Lipinski definition) is 6. The molecular weight excluding hydrogens is 518 g/mol. The molecule has 0 atom stereocenters. The first-order valence-electron chi connectivity index (χ1n) is 12.8. The molecule has 6 heterocycles. The third-order valence-corrected chi connectivity index (χ3v) is 7.77. The third kappa shape index (κ3) is 4.52. The van der Waals surface area contributed by atoms with E-state index >= 15 is 0 Å². The molecular formula is C31H23N7OS.